The molecule has 4 aromatic rings. The number of hydrogen-bond donors (Lipinski definition) is 1. The molecule has 0 heterocycles. The van der Waals surface area contributed by atoms with E-state index in [-0.39, 0.29) is 0 Å². The van der Waals surface area contributed by atoms with Gasteiger partial charge in [-0.25, -0.2) is 0 Å². The van der Waals surface area contributed by atoms with E-state index in [1.165, 1.54) is 32.3 Å². The highest BCUT2D eigenvalue weighted by Gasteiger charge is 2.05. The van der Waals surface area contributed by atoms with Crippen LogP contribution in [-0.2, 0) is 0 Å². The summed E-state index contributed by atoms with van der Waals surface area (Å²) in [5.41, 5.74) is 0. The highest BCUT2D eigenvalue weighted by atomic mass is 16.2. The largest absolute Gasteiger partial charge is 0.462 e. The Morgan fingerprint density at radius 1 is 0.739 bits per heavy atom. The van der Waals surface area contributed by atoms with Crippen LogP contribution in [0.1, 0.15) is 26.2 Å². The van der Waals surface area contributed by atoms with Crippen molar-refractivity contribution in [1.82, 2.24) is 0 Å². The van der Waals surface area contributed by atoms with Crippen molar-refractivity contribution in [2.75, 3.05) is 0 Å². The number of aliphatic hydroxyl groups excluding tert-OH is 1. The smallest absolute Gasteiger partial charge is 0.107 e. The summed E-state index contributed by atoms with van der Waals surface area (Å²) in [5, 5.41) is 16.1. The zero-order valence-electron chi connectivity index (χ0n) is 13.3. The van der Waals surface area contributed by atoms with Gasteiger partial charge in [0, 0.05) is 6.42 Å². The van der Waals surface area contributed by atoms with Gasteiger partial charge in [0.05, 0.1) is 0 Å². The third-order valence-electron chi connectivity index (χ3n) is 4.13. The second kappa shape index (κ2) is 7.03. The van der Waals surface area contributed by atoms with Gasteiger partial charge in [-0.05, 0) is 38.7 Å². The number of hydrogen-bond acceptors (Lipinski definition) is 1. The van der Waals surface area contributed by atoms with E-state index < -0.39 is 0 Å². The Kier molecular flexibility index (Phi) is 4.64. The molecule has 0 radical (unpaired) electrons. The summed E-state index contributed by atoms with van der Waals surface area (Å²) in [7, 11) is 0. The molecule has 0 aliphatic heterocycles. The van der Waals surface area contributed by atoms with Crippen LogP contribution >= 0.6 is 0 Å². The molecule has 0 bridgehead atoms. The van der Waals surface area contributed by atoms with Gasteiger partial charge < -0.3 is 5.11 Å². The Morgan fingerprint density at radius 3 is 1.52 bits per heavy atom. The second-order valence-corrected chi connectivity index (χ2v) is 5.68. The summed E-state index contributed by atoms with van der Waals surface area (Å²) in [6.45, 7) is 2.10. The molecule has 1 N–H and O–H groups in total. The lowest BCUT2D eigenvalue weighted by atomic mass is 9.95. The van der Waals surface area contributed by atoms with Crippen LogP contribution in [0, 0.1) is 12.0 Å². The molecular weight excluding hydrogens is 280 g/mol. The molecular formula is C22H20O. The highest BCUT2D eigenvalue weighted by Crippen LogP contribution is 2.33. The molecule has 1 nitrogen and oxygen atoms in total. The molecule has 1 heteroatoms. The molecule has 114 valence electrons. The number of unbranched alkanes of at least 4 members (excludes halogenated alkanes) is 2. The molecule has 4 rings (SSSR count). The van der Waals surface area contributed by atoms with E-state index in [0.717, 1.165) is 19.3 Å². The third-order valence-corrected chi connectivity index (χ3v) is 4.13. The summed E-state index contributed by atoms with van der Waals surface area (Å²) >= 11 is 0. The van der Waals surface area contributed by atoms with E-state index in [4.69, 9.17) is 5.11 Å². The minimum Gasteiger partial charge on any atom is -0.462 e. The van der Waals surface area contributed by atoms with Crippen LogP contribution in [0.2, 0.25) is 0 Å². The number of aliphatic hydroxyl groups is 1. The monoisotopic (exact) mass is 300 g/mol. The molecule has 0 amide bonds. The molecule has 0 aromatic heterocycles. The van der Waals surface area contributed by atoms with E-state index in [2.05, 4.69) is 73.5 Å². The van der Waals surface area contributed by atoms with E-state index in [0.29, 0.717) is 0 Å². The third kappa shape index (κ3) is 3.07. The summed E-state index contributed by atoms with van der Waals surface area (Å²) in [4.78, 5) is 0. The van der Waals surface area contributed by atoms with Crippen LogP contribution in [0.25, 0.3) is 32.3 Å². The van der Waals surface area contributed by atoms with Crippen LogP contribution in [0.15, 0.2) is 60.7 Å². The fourth-order valence-electron chi connectivity index (χ4n) is 2.99. The van der Waals surface area contributed by atoms with Crippen molar-refractivity contribution >= 4 is 32.3 Å². The predicted molar refractivity (Wildman–Crippen MR) is 99.4 cm³/mol. The van der Waals surface area contributed by atoms with Crippen molar-refractivity contribution < 1.29 is 5.11 Å². The van der Waals surface area contributed by atoms with Crippen molar-refractivity contribution in [3.05, 3.63) is 60.7 Å². The van der Waals surface area contributed by atoms with E-state index in [1.54, 1.807) is 0 Å². The minimum atomic E-state index is 0.826. The van der Waals surface area contributed by atoms with E-state index >= 15 is 0 Å². The van der Waals surface area contributed by atoms with E-state index in [9.17, 15) is 0 Å². The second-order valence-electron chi connectivity index (χ2n) is 5.68. The van der Waals surface area contributed by atoms with Crippen molar-refractivity contribution in [3.8, 4) is 12.0 Å². The van der Waals surface area contributed by atoms with Gasteiger partial charge in [0.2, 0.25) is 0 Å². The van der Waals surface area contributed by atoms with Gasteiger partial charge >= 0.3 is 0 Å². The predicted octanol–water partition coefficient (Wildman–Crippen LogP) is 6.09. The van der Waals surface area contributed by atoms with Crippen LogP contribution in [0.5, 0.6) is 0 Å². The molecule has 0 unspecified atom stereocenters. The van der Waals surface area contributed by atoms with Crippen molar-refractivity contribution in [2.45, 2.75) is 26.2 Å². The Morgan fingerprint density at radius 2 is 1.17 bits per heavy atom. The fourth-order valence-corrected chi connectivity index (χ4v) is 2.99. The lowest BCUT2D eigenvalue weighted by Crippen LogP contribution is -1.82. The Balaban J connectivity index is 0.000000193. The highest BCUT2D eigenvalue weighted by molar-refractivity contribution is 6.22. The normalized spacial score (nSPS) is 10.3. The van der Waals surface area contributed by atoms with Crippen LogP contribution < -0.4 is 0 Å². The zero-order valence-corrected chi connectivity index (χ0v) is 13.3. The Hall–Kier alpha value is -2.72. The average Bonchev–Trinajstić information content (AvgIpc) is 2.61. The van der Waals surface area contributed by atoms with Gasteiger partial charge in [0.25, 0.3) is 0 Å². The number of benzene rings is 4. The first-order valence-corrected chi connectivity index (χ1v) is 8.09. The molecule has 0 aliphatic rings. The molecule has 0 fully saturated rings. The maximum absolute atomic E-state index is 7.93. The van der Waals surface area contributed by atoms with Crippen molar-refractivity contribution in [3.63, 3.8) is 0 Å². The SMILES string of the molecule is CCCCC#CO.c1cc2ccc3cccc4ccc(c1)c2c34. The first kappa shape index (κ1) is 15.2. The molecule has 0 saturated carbocycles. The first-order chi connectivity index (χ1) is 11.3. The minimum absolute atomic E-state index is 0.826. The lowest BCUT2D eigenvalue weighted by molar-refractivity contribution is 0.515. The van der Waals surface area contributed by atoms with E-state index in [1.807, 2.05) is 6.11 Å². The average molecular weight is 300 g/mol. The quantitative estimate of drug-likeness (QED) is 0.269. The molecule has 0 spiro atoms. The van der Waals surface area contributed by atoms with Gasteiger partial charge in [-0.1, -0.05) is 79.9 Å². The Bertz CT molecular complexity index is 843. The molecule has 0 saturated heterocycles. The van der Waals surface area contributed by atoms with Crippen molar-refractivity contribution in [2.24, 2.45) is 0 Å². The Labute approximate surface area is 136 Å². The summed E-state index contributed by atoms with van der Waals surface area (Å²) in [5.74, 6) is 2.55. The van der Waals surface area contributed by atoms with Gasteiger partial charge in [0.1, 0.15) is 6.11 Å². The summed E-state index contributed by atoms with van der Waals surface area (Å²) in [6, 6.07) is 21.9. The topological polar surface area (TPSA) is 20.2 Å². The molecule has 23 heavy (non-hydrogen) atoms. The van der Waals surface area contributed by atoms with Crippen molar-refractivity contribution in [1.29, 1.82) is 0 Å². The zero-order chi connectivity index (χ0) is 16.1. The number of rotatable bonds is 2. The fraction of sp³-hybridized carbons (Fsp3) is 0.182. The maximum atomic E-state index is 7.93. The van der Waals surface area contributed by atoms with Gasteiger partial charge in [-0.2, -0.15) is 0 Å². The summed E-state index contributed by atoms with van der Waals surface area (Å²) in [6.07, 6.45) is 4.92. The van der Waals surface area contributed by atoms with Crippen LogP contribution in [0.4, 0.5) is 0 Å². The maximum Gasteiger partial charge on any atom is 0.107 e. The molecule has 0 aliphatic carbocycles. The molecule has 0 atom stereocenters. The van der Waals surface area contributed by atoms with Gasteiger partial charge in [0.15, 0.2) is 0 Å². The summed E-state index contributed by atoms with van der Waals surface area (Å²) < 4.78 is 0. The first-order valence-electron chi connectivity index (χ1n) is 8.09. The lowest BCUT2D eigenvalue weighted by Gasteiger charge is -2.09. The van der Waals surface area contributed by atoms with Crippen LogP contribution in [0.3, 0.4) is 0 Å². The van der Waals surface area contributed by atoms with Crippen LogP contribution in [-0.4, -0.2) is 5.11 Å². The van der Waals surface area contributed by atoms with Gasteiger partial charge in [-0.3, -0.25) is 0 Å². The van der Waals surface area contributed by atoms with Gasteiger partial charge in [-0.15, -0.1) is 0 Å². The standard InChI is InChI=1S/C16H10.C6H10O/c1-3-11-7-9-13-5-2-6-14-10-8-12(4-1)15(11)16(13)14;1-2-3-4-5-6-7/h1-10H;7H,2-4H2,1H3. The molecule has 4 aromatic carbocycles.